The van der Waals surface area contributed by atoms with E-state index in [0.717, 1.165) is 3.57 Å². The molecule has 2 aromatic carbocycles. The lowest BCUT2D eigenvalue weighted by molar-refractivity contribution is -0.115. The number of hydrogen-bond donors (Lipinski definition) is 2. The number of amides is 1. The predicted octanol–water partition coefficient (Wildman–Crippen LogP) is 7.04. The van der Waals surface area contributed by atoms with Crippen LogP contribution in [0.15, 0.2) is 59.0 Å². The van der Waals surface area contributed by atoms with Crippen molar-refractivity contribution in [3.8, 4) is 11.3 Å². The van der Waals surface area contributed by atoms with Crippen molar-refractivity contribution in [2.45, 2.75) is 0 Å². The van der Waals surface area contributed by atoms with E-state index in [-0.39, 0.29) is 5.11 Å². The predicted molar refractivity (Wildman–Crippen MR) is 132 cm³/mol. The van der Waals surface area contributed by atoms with E-state index < -0.39 is 5.91 Å². The Balaban J connectivity index is 1.61. The number of carbonyl (C=O) groups excluding carboxylic acids is 1. The van der Waals surface area contributed by atoms with E-state index in [1.807, 2.05) is 6.07 Å². The van der Waals surface area contributed by atoms with E-state index in [1.165, 1.54) is 12.2 Å². The third kappa shape index (κ3) is 5.96. The molecule has 0 aliphatic heterocycles. The molecular weight excluding hydrogens is 566 g/mol. The molecule has 148 valence electrons. The summed E-state index contributed by atoms with van der Waals surface area (Å²) >= 11 is 25.7. The molecule has 2 N–H and O–H groups in total. The number of rotatable bonds is 4. The molecule has 0 unspecified atom stereocenters. The van der Waals surface area contributed by atoms with Crippen LogP contribution < -0.4 is 10.6 Å². The highest BCUT2D eigenvalue weighted by atomic mass is 127. The van der Waals surface area contributed by atoms with Crippen LogP contribution in [0.3, 0.4) is 0 Å². The first-order valence-electron chi connectivity index (χ1n) is 8.13. The minimum atomic E-state index is -0.414. The van der Waals surface area contributed by atoms with Crippen LogP contribution in [0.2, 0.25) is 15.1 Å². The van der Waals surface area contributed by atoms with Gasteiger partial charge in [-0.15, -0.1) is 0 Å². The second-order valence-electron chi connectivity index (χ2n) is 5.70. The molecule has 0 fully saturated rings. The molecule has 0 atom stereocenters. The van der Waals surface area contributed by atoms with E-state index in [2.05, 4.69) is 33.2 Å². The van der Waals surface area contributed by atoms with E-state index in [9.17, 15) is 4.79 Å². The van der Waals surface area contributed by atoms with E-state index in [4.69, 9.17) is 51.4 Å². The molecule has 0 radical (unpaired) electrons. The molecule has 4 nitrogen and oxygen atoms in total. The fourth-order valence-electron chi connectivity index (χ4n) is 2.34. The lowest BCUT2D eigenvalue weighted by Gasteiger charge is -2.09. The van der Waals surface area contributed by atoms with Crippen LogP contribution in [-0.2, 0) is 4.79 Å². The van der Waals surface area contributed by atoms with Crippen LogP contribution in [0.25, 0.3) is 17.4 Å². The van der Waals surface area contributed by atoms with E-state index >= 15 is 0 Å². The summed E-state index contributed by atoms with van der Waals surface area (Å²) in [6.07, 6.45) is 2.84. The van der Waals surface area contributed by atoms with Crippen molar-refractivity contribution in [1.29, 1.82) is 0 Å². The molecule has 9 heteroatoms. The average Bonchev–Trinajstić information content (AvgIpc) is 3.13. The van der Waals surface area contributed by atoms with Crippen molar-refractivity contribution in [1.82, 2.24) is 5.32 Å². The zero-order valence-electron chi connectivity index (χ0n) is 14.5. The normalized spacial score (nSPS) is 10.9. The smallest absolute Gasteiger partial charge is 0.250 e. The van der Waals surface area contributed by atoms with Gasteiger partial charge in [-0.1, -0.05) is 40.9 Å². The number of nitrogens with one attached hydrogen (secondary N) is 2. The maximum Gasteiger partial charge on any atom is 0.250 e. The molecule has 1 heterocycles. The van der Waals surface area contributed by atoms with Gasteiger partial charge in [0, 0.05) is 15.2 Å². The number of thiocarbonyl (C=S) groups is 1. The number of carbonyl (C=O) groups is 1. The van der Waals surface area contributed by atoms with E-state index in [1.54, 1.807) is 42.5 Å². The quantitative estimate of drug-likeness (QED) is 0.199. The minimum absolute atomic E-state index is 0.133. The first kappa shape index (κ1) is 22.1. The molecule has 3 aromatic rings. The number of furan rings is 1. The molecule has 29 heavy (non-hydrogen) atoms. The van der Waals surface area contributed by atoms with Gasteiger partial charge in [0.1, 0.15) is 11.5 Å². The highest BCUT2D eigenvalue weighted by Gasteiger charge is 2.10. The van der Waals surface area contributed by atoms with Gasteiger partial charge in [-0.3, -0.25) is 10.1 Å². The van der Waals surface area contributed by atoms with Crippen molar-refractivity contribution in [2.24, 2.45) is 0 Å². The summed E-state index contributed by atoms with van der Waals surface area (Å²) in [5.41, 5.74) is 1.28. The topological polar surface area (TPSA) is 54.3 Å². The van der Waals surface area contributed by atoms with Gasteiger partial charge in [0.15, 0.2) is 5.11 Å². The summed E-state index contributed by atoms with van der Waals surface area (Å²) in [6.45, 7) is 0. The Hall–Kier alpha value is -1.58. The van der Waals surface area contributed by atoms with Gasteiger partial charge in [0.25, 0.3) is 0 Å². The Morgan fingerprint density at radius 1 is 1.07 bits per heavy atom. The van der Waals surface area contributed by atoms with Gasteiger partial charge in [-0.25, -0.2) is 0 Å². The highest BCUT2D eigenvalue weighted by molar-refractivity contribution is 14.1. The SMILES string of the molecule is O=C(C=Cc1ccc(-c2cccc(Cl)c2Cl)o1)NC(=S)Nc1ccc(I)cc1Cl. The first-order valence-corrected chi connectivity index (χ1v) is 10.7. The van der Waals surface area contributed by atoms with Crippen LogP contribution in [0, 0.1) is 3.57 Å². The maximum atomic E-state index is 12.1. The van der Waals surface area contributed by atoms with Gasteiger partial charge in [0.2, 0.25) is 5.91 Å². The molecule has 1 amide bonds. The molecular formula is C20H12Cl3IN2O2S. The number of anilines is 1. The number of benzene rings is 2. The molecule has 0 spiro atoms. The molecule has 0 saturated heterocycles. The second-order valence-corrected chi connectivity index (χ2v) is 8.55. The Bertz CT molecular complexity index is 1110. The molecule has 0 saturated carbocycles. The van der Waals surface area contributed by atoms with Gasteiger partial charge < -0.3 is 9.73 Å². The lowest BCUT2D eigenvalue weighted by Crippen LogP contribution is -2.32. The molecule has 1 aromatic heterocycles. The van der Waals surface area contributed by atoms with Crippen molar-refractivity contribution in [3.05, 3.63) is 79.0 Å². The Morgan fingerprint density at radius 2 is 1.86 bits per heavy atom. The van der Waals surface area contributed by atoms with Crippen LogP contribution in [-0.4, -0.2) is 11.0 Å². The van der Waals surface area contributed by atoms with Crippen molar-refractivity contribution in [2.75, 3.05) is 5.32 Å². The maximum absolute atomic E-state index is 12.1. The lowest BCUT2D eigenvalue weighted by atomic mass is 10.2. The fraction of sp³-hybridized carbons (Fsp3) is 0. The standard InChI is InChI=1S/C20H12Cl3IN2O2S/c21-14-3-1-2-13(19(14)23)17-8-5-12(28-17)6-9-18(27)26-20(29)25-16-7-4-11(24)10-15(16)22/h1-10H,(H2,25,26,27,29). The number of halogens is 4. The summed E-state index contributed by atoms with van der Waals surface area (Å²) in [5, 5.41) is 6.91. The largest absolute Gasteiger partial charge is 0.457 e. The van der Waals surface area contributed by atoms with E-state index in [0.29, 0.717) is 37.8 Å². The Kier molecular flexibility index (Phi) is 7.59. The van der Waals surface area contributed by atoms with Gasteiger partial charge in [-0.2, -0.15) is 0 Å². The van der Waals surface area contributed by atoms with Gasteiger partial charge in [0.05, 0.1) is 20.8 Å². The number of hydrogen-bond acceptors (Lipinski definition) is 3. The molecule has 0 aliphatic rings. The summed E-state index contributed by atoms with van der Waals surface area (Å²) in [7, 11) is 0. The van der Waals surface area contributed by atoms with Crippen LogP contribution in [0.4, 0.5) is 5.69 Å². The minimum Gasteiger partial charge on any atom is -0.457 e. The summed E-state index contributed by atoms with van der Waals surface area (Å²) in [5.74, 6) is 0.608. The second kappa shape index (κ2) is 9.95. The van der Waals surface area contributed by atoms with Gasteiger partial charge >= 0.3 is 0 Å². The van der Waals surface area contributed by atoms with Crippen molar-refractivity contribution >= 4 is 92.4 Å². The Morgan fingerprint density at radius 3 is 2.62 bits per heavy atom. The summed E-state index contributed by atoms with van der Waals surface area (Å²) < 4.78 is 6.70. The van der Waals surface area contributed by atoms with Crippen LogP contribution in [0.1, 0.15) is 5.76 Å². The Labute approximate surface area is 201 Å². The zero-order chi connectivity index (χ0) is 21.0. The summed E-state index contributed by atoms with van der Waals surface area (Å²) in [4.78, 5) is 12.1. The fourth-order valence-corrected chi connectivity index (χ4v) is 3.84. The molecule has 0 aliphatic carbocycles. The van der Waals surface area contributed by atoms with Gasteiger partial charge in [-0.05, 0) is 83.3 Å². The average molecular weight is 578 g/mol. The van der Waals surface area contributed by atoms with Crippen molar-refractivity contribution < 1.29 is 9.21 Å². The van der Waals surface area contributed by atoms with Crippen molar-refractivity contribution in [3.63, 3.8) is 0 Å². The monoisotopic (exact) mass is 576 g/mol. The molecule has 0 bridgehead atoms. The van der Waals surface area contributed by atoms with Crippen LogP contribution >= 0.6 is 69.6 Å². The zero-order valence-corrected chi connectivity index (χ0v) is 19.8. The molecule has 3 rings (SSSR count). The van der Waals surface area contributed by atoms with Crippen LogP contribution in [0.5, 0.6) is 0 Å². The summed E-state index contributed by atoms with van der Waals surface area (Å²) in [6, 6.07) is 14.2. The first-order chi connectivity index (χ1) is 13.8. The highest BCUT2D eigenvalue weighted by Crippen LogP contribution is 2.34. The third-order valence-corrected chi connectivity index (χ3v) is 5.67. The third-order valence-electron chi connectivity index (χ3n) is 3.66.